The molecule has 1 aromatic carbocycles. The molecule has 0 fully saturated rings. The molecule has 2 aromatic rings. The van der Waals surface area contributed by atoms with E-state index in [1.54, 1.807) is 35.4 Å². The zero-order valence-electron chi connectivity index (χ0n) is 15.4. The van der Waals surface area contributed by atoms with E-state index in [0.29, 0.717) is 29.2 Å². The van der Waals surface area contributed by atoms with Gasteiger partial charge in [-0.2, -0.15) is 0 Å². The standard InChI is InChI=1S/C19H25N3O2S/c1-6-22(7-2)17(24)13-8-10-14(11-9-13)21-16(23)15-12-20-18(25-15)19(3,4)5/h8-12H,6-7H2,1-5H3,(H,21,23). The van der Waals surface area contributed by atoms with Crippen LogP contribution in [0.4, 0.5) is 5.69 Å². The molecule has 25 heavy (non-hydrogen) atoms. The lowest BCUT2D eigenvalue weighted by molar-refractivity contribution is 0.0773. The van der Waals surface area contributed by atoms with Crippen molar-refractivity contribution < 1.29 is 9.59 Å². The van der Waals surface area contributed by atoms with E-state index in [4.69, 9.17) is 0 Å². The molecular weight excluding hydrogens is 334 g/mol. The van der Waals surface area contributed by atoms with Crippen molar-refractivity contribution in [2.24, 2.45) is 0 Å². The Bertz CT molecular complexity index is 741. The Morgan fingerprint density at radius 1 is 1.12 bits per heavy atom. The van der Waals surface area contributed by atoms with E-state index in [1.165, 1.54) is 11.3 Å². The Morgan fingerprint density at radius 2 is 1.72 bits per heavy atom. The van der Waals surface area contributed by atoms with Crippen LogP contribution in [0.25, 0.3) is 0 Å². The summed E-state index contributed by atoms with van der Waals surface area (Å²) in [4.78, 5) is 31.3. The van der Waals surface area contributed by atoms with Gasteiger partial charge in [0, 0.05) is 29.8 Å². The molecule has 1 heterocycles. The first kappa shape index (κ1) is 19.1. The number of rotatable bonds is 5. The van der Waals surface area contributed by atoms with Gasteiger partial charge in [0.1, 0.15) is 4.88 Å². The number of aromatic nitrogens is 1. The van der Waals surface area contributed by atoms with Crippen LogP contribution in [0.5, 0.6) is 0 Å². The molecule has 0 unspecified atom stereocenters. The quantitative estimate of drug-likeness (QED) is 0.871. The molecular formula is C19H25N3O2S. The molecule has 2 rings (SSSR count). The van der Waals surface area contributed by atoms with E-state index in [0.717, 1.165) is 5.01 Å². The number of nitrogens with one attached hydrogen (secondary N) is 1. The minimum Gasteiger partial charge on any atom is -0.339 e. The van der Waals surface area contributed by atoms with Crippen molar-refractivity contribution in [3.05, 3.63) is 45.9 Å². The van der Waals surface area contributed by atoms with Gasteiger partial charge >= 0.3 is 0 Å². The fourth-order valence-electron chi connectivity index (χ4n) is 2.31. The Morgan fingerprint density at radius 3 is 2.20 bits per heavy atom. The summed E-state index contributed by atoms with van der Waals surface area (Å²) < 4.78 is 0. The summed E-state index contributed by atoms with van der Waals surface area (Å²) in [7, 11) is 0. The van der Waals surface area contributed by atoms with Crippen molar-refractivity contribution in [2.45, 2.75) is 40.0 Å². The maximum atomic E-state index is 12.4. The number of benzene rings is 1. The lowest BCUT2D eigenvalue weighted by atomic mass is 9.98. The number of carbonyl (C=O) groups excluding carboxylic acids is 2. The van der Waals surface area contributed by atoms with Gasteiger partial charge < -0.3 is 10.2 Å². The summed E-state index contributed by atoms with van der Waals surface area (Å²) in [6.07, 6.45) is 1.61. The minimum atomic E-state index is -0.184. The van der Waals surface area contributed by atoms with E-state index in [-0.39, 0.29) is 17.2 Å². The zero-order valence-corrected chi connectivity index (χ0v) is 16.2. The Labute approximate surface area is 153 Å². The topological polar surface area (TPSA) is 62.3 Å². The van der Waals surface area contributed by atoms with Crippen molar-refractivity contribution >= 4 is 28.8 Å². The molecule has 1 N–H and O–H groups in total. The molecule has 134 valence electrons. The van der Waals surface area contributed by atoms with Crippen LogP contribution in [0.1, 0.15) is 59.7 Å². The van der Waals surface area contributed by atoms with Crippen LogP contribution in [0.3, 0.4) is 0 Å². The van der Waals surface area contributed by atoms with E-state index < -0.39 is 0 Å². The van der Waals surface area contributed by atoms with Crippen LogP contribution >= 0.6 is 11.3 Å². The van der Waals surface area contributed by atoms with E-state index in [2.05, 4.69) is 31.1 Å². The first-order valence-electron chi connectivity index (χ1n) is 8.43. The predicted octanol–water partition coefficient (Wildman–Crippen LogP) is 4.17. The molecule has 0 bridgehead atoms. The molecule has 6 heteroatoms. The molecule has 1 aromatic heterocycles. The smallest absolute Gasteiger partial charge is 0.267 e. The number of anilines is 1. The first-order chi connectivity index (χ1) is 11.8. The number of thiazole rings is 1. The van der Waals surface area contributed by atoms with Crippen LogP contribution in [0, 0.1) is 0 Å². The molecule has 0 aliphatic heterocycles. The molecule has 0 saturated heterocycles. The second kappa shape index (κ2) is 7.78. The maximum absolute atomic E-state index is 12.4. The molecule has 0 aliphatic carbocycles. The third kappa shape index (κ3) is 4.66. The van der Waals surface area contributed by atoms with Crippen molar-refractivity contribution in [2.75, 3.05) is 18.4 Å². The summed E-state index contributed by atoms with van der Waals surface area (Å²) in [6.45, 7) is 11.5. The highest BCUT2D eigenvalue weighted by Crippen LogP contribution is 2.27. The molecule has 0 saturated carbocycles. The van der Waals surface area contributed by atoms with Crippen LogP contribution in [0.2, 0.25) is 0 Å². The SMILES string of the molecule is CCN(CC)C(=O)c1ccc(NC(=O)c2cnc(C(C)(C)C)s2)cc1. The normalized spacial score (nSPS) is 11.2. The van der Waals surface area contributed by atoms with Crippen molar-refractivity contribution in [3.63, 3.8) is 0 Å². The minimum absolute atomic E-state index is 0.000141. The summed E-state index contributed by atoms with van der Waals surface area (Å²) in [5, 5.41) is 3.78. The predicted molar refractivity (Wildman–Crippen MR) is 102 cm³/mol. The summed E-state index contributed by atoms with van der Waals surface area (Å²) in [5.41, 5.74) is 1.21. The summed E-state index contributed by atoms with van der Waals surface area (Å²) >= 11 is 1.40. The summed E-state index contributed by atoms with van der Waals surface area (Å²) in [5.74, 6) is -0.184. The van der Waals surface area contributed by atoms with Crippen molar-refractivity contribution in [1.29, 1.82) is 0 Å². The average Bonchev–Trinajstić information content (AvgIpc) is 3.07. The molecule has 0 radical (unpaired) electrons. The van der Waals surface area contributed by atoms with Gasteiger partial charge in [-0.25, -0.2) is 4.98 Å². The Kier molecular flexibility index (Phi) is 5.95. The maximum Gasteiger partial charge on any atom is 0.267 e. The number of carbonyl (C=O) groups is 2. The van der Waals surface area contributed by atoms with Gasteiger partial charge in [-0.1, -0.05) is 20.8 Å². The van der Waals surface area contributed by atoms with Crippen LogP contribution in [0.15, 0.2) is 30.5 Å². The van der Waals surface area contributed by atoms with Gasteiger partial charge in [0.2, 0.25) is 0 Å². The monoisotopic (exact) mass is 359 g/mol. The second-order valence-electron chi connectivity index (χ2n) is 6.79. The highest BCUT2D eigenvalue weighted by atomic mass is 32.1. The molecule has 0 spiro atoms. The fourth-order valence-corrected chi connectivity index (χ4v) is 3.18. The average molecular weight is 359 g/mol. The molecule has 5 nitrogen and oxygen atoms in total. The second-order valence-corrected chi connectivity index (χ2v) is 7.82. The van der Waals surface area contributed by atoms with E-state index >= 15 is 0 Å². The van der Waals surface area contributed by atoms with Gasteiger partial charge in [-0.15, -0.1) is 11.3 Å². The van der Waals surface area contributed by atoms with Crippen LogP contribution in [-0.2, 0) is 5.41 Å². The van der Waals surface area contributed by atoms with Crippen LogP contribution < -0.4 is 5.32 Å². The third-order valence-corrected chi connectivity index (χ3v) is 5.23. The van der Waals surface area contributed by atoms with Gasteiger partial charge in [-0.3, -0.25) is 9.59 Å². The van der Waals surface area contributed by atoms with E-state index in [9.17, 15) is 9.59 Å². The largest absolute Gasteiger partial charge is 0.339 e. The Balaban J connectivity index is 2.07. The molecule has 2 amide bonds. The third-order valence-electron chi connectivity index (χ3n) is 3.81. The lowest BCUT2D eigenvalue weighted by Crippen LogP contribution is -2.30. The van der Waals surface area contributed by atoms with Gasteiger partial charge in [0.05, 0.1) is 11.2 Å². The first-order valence-corrected chi connectivity index (χ1v) is 9.25. The van der Waals surface area contributed by atoms with Crippen LogP contribution in [-0.4, -0.2) is 34.8 Å². The number of nitrogens with zero attached hydrogens (tertiary/aromatic N) is 2. The zero-order chi connectivity index (χ0) is 18.6. The number of hydrogen-bond donors (Lipinski definition) is 1. The van der Waals surface area contributed by atoms with Crippen molar-refractivity contribution in [1.82, 2.24) is 9.88 Å². The van der Waals surface area contributed by atoms with Gasteiger partial charge in [0.15, 0.2) is 0 Å². The number of hydrogen-bond acceptors (Lipinski definition) is 4. The van der Waals surface area contributed by atoms with Gasteiger partial charge in [-0.05, 0) is 38.1 Å². The Hall–Kier alpha value is -2.21. The van der Waals surface area contributed by atoms with Crippen molar-refractivity contribution in [3.8, 4) is 0 Å². The fraction of sp³-hybridized carbons (Fsp3) is 0.421. The molecule has 0 aliphatic rings. The summed E-state index contributed by atoms with van der Waals surface area (Å²) in [6, 6.07) is 6.98. The van der Waals surface area contributed by atoms with Gasteiger partial charge in [0.25, 0.3) is 11.8 Å². The molecule has 0 atom stereocenters. The number of amides is 2. The lowest BCUT2D eigenvalue weighted by Gasteiger charge is -2.18. The highest BCUT2D eigenvalue weighted by Gasteiger charge is 2.20. The van der Waals surface area contributed by atoms with E-state index in [1.807, 2.05) is 13.8 Å². The highest BCUT2D eigenvalue weighted by molar-refractivity contribution is 7.13.